The Morgan fingerprint density at radius 3 is 2.71 bits per heavy atom. The van der Waals surface area contributed by atoms with Crippen molar-refractivity contribution in [3.8, 4) is 11.6 Å². The Morgan fingerprint density at radius 1 is 1.21 bits per heavy atom. The summed E-state index contributed by atoms with van der Waals surface area (Å²) < 4.78 is 11.5. The van der Waals surface area contributed by atoms with Gasteiger partial charge in [0.1, 0.15) is 11.9 Å². The van der Waals surface area contributed by atoms with Crippen LogP contribution in [0.3, 0.4) is 0 Å². The lowest BCUT2D eigenvalue weighted by molar-refractivity contribution is -0.137. The van der Waals surface area contributed by atoms with Gasteiger partial charge < -0.3 is 14.4 Å². The fraction of sp³-hybridized carbons (Fsp3) is 0.389. The molecule has 1 aromatic carbocycles. The minimum absolute atomic E-state index is 0.0278. The number of hydrogen-bond acceptors (Lipinski definition) is 5. The molecule has 2 atom stereocenters. The van der Waals surface area contributed by atoms with E-state index in [1.807, 2.05) is 43.3 Å². The first-order valence-electron chi connectivity index (χ1n) is 8.09. The first-order chi connectivity index (χ1) is 11.6. The molecule has 126 valence electrons. The van der Waals surface area contributed by atoms with Crippen LogP contribution < -0.4 is 9.47 Å². The van der Waals surface area contributed by atoms with Gasteiger partial charge in [0.2, 0.25) is 5.88 Å². The van der Waals surface area contributed by atoms with E-state index in [1.54, 1.807) is 17.9 Å². The summed E-state index contributed by atoms with van der Waals surface area (Å²) in [6.45, 7) is 4.85. The van der Waals surface area contributed by atoms with Crippen LogP contribution >= 0.6 is 0 Å². The second-order valence-corrected chi connectivity index (χ2v) is 5.90. The number of carbonyl (C=O) groups excluding carboxylic acids is 1. The van der Waals surface area contributed by atoms with Crippen molar-refractivity contribution in [3.63, 3.8) is 0 Å². The van der Waals surface area contributed by atoms with Gasteiger partial charge in [-0.1, -0.05) is 18.2 Å². The third-order valence-electron chi connectivity index (χ3n) is 3.92. The zero-order valence-corrected chi connectivity index (χ0v) is 13.9. The molecule has 0 saturated carbocycles. The van der Waals surface area contributed by atoms with E-state index in [9.17, 15) is 4.79 Å². The van der Waals surface area contributed by atoms with E-state index >= 15 is 0 Å². The fourth-order valence-electron chi connectivity index (χ4n) is 2.66. The lowest BCUT2D eigenvalue weighted by Crippen LogP contribution is -2.40. The molecule has 1 fully saturated rings. The molecule has 2 aromatic rings. The summed E-state index contributed by atoms with van der Waals surface area (Å²) in [5, 5.41) is 7.98. The van der Waals surface area contributed by atoms with Crippen molar-refractivity contribution in [2.24, 2.45) is 0 Å². The molecule has 1 aliphatic rings. The molecule has 6 nitrogen and oxygen atoms in total. The van der Waals surface area contributed by atoms with Crippen molar-refractivity contribution < 1.29 is 14.3 Å². The number of rotatable bonds is 5. The van der Waals surface area contributed by atoms with Crippen LogP contribution in [0.2, 0.25) is 0 Å². The van der Waals surface area contributed by atoms with Gasteiger partial charge in [-0.15, -0.1) is 5.10 Å². The molecule has 0 spiro atoms. The second-order valence-electron chi connectivity index (χ2n) is 5.90. The van der Waals surface area contributed by atoms with Gasteiger partial charge in [0.15, 0.2) is 6.10 Å². The topological polar surface area (TPSA) is 64.5 Å². The van der Waals surface area contributed by atoms with Crippen LogP contribution in [0.4, 0.5) is 0 Å². The molecule has 1 aliphatic heterocycles. The van der Waals surface area contributed by atoms with Crippen molar-refractivity contribution in [1.82, 2.24) is 15.1 Å². The third-order valence-corrected chi connectivity index (χ3v) is 3.92. The predicted octanol–water partition coefficient (Wildman–Crippen LogP) is 2.23. The molecule has 6 heteroatoms. The minimum atomic E-state index is -0.523. The van der Waals surface area contributed by atoms with Crippen LogP contribution in [0.25, 0.3) is 0 Å². The highest BCUT2D eigenvalue weighted by Crippen LogP contribution is 2.18. The standard InChI is InChI=1S/C18H21N3O3/c1-13-8-9-17(20-19-13)24-16-10-11-21(12-16)18(22)14(2)23-15-6-4-3-5-7-15/h3-9,14,16H,10-12H2,1-2H3/t14-,16+/m1/s1. The largest absolute Gasteiger partial charge is 0.481 e. The van der Waals surface area contributed by atoms with Crippen LogP contribution in [0.15, 0.2) is 42.5 Å². The number of aryl methyl sites for hydroxylation is 1. The molecule has 24 heavy (non-hydrogen) atoms. The number of para-hydroxylation sites is 1. The molecule has 0 aliphatic carbocycles. The Labute approximate surface area is 141 Å². The molecule has 0 radical (unpaired) electrons. The first-order valence-corrected chi connectivity index (χ1v) is 8.09. The molecule has 2 heterocycles. The predicted molar refractivity (Wildman–Crippen MR) is 88.9 cm³/mol. The number of nitrogens with zero attached hydrogens (tertiary/aromatic N) is 3. The first kappa shape index (κ1) is 16.2. The molecular weight excluding hydrogens is 306 g/mol. The summed E-state index contributed by atoms with van der Waals surface area (Å²) in [6.07, 6.45) is 0.194. The van der Waals surface area contributed by atoms with Crippen LogP contribution in [0.1, 0.15) is 19.0 Å². The molecule has 0 bridgehead atoms. The van der Waals surface area contributed by atoms with E-state index in [4.69, 9.17) is 9.47 Å². The Balaban J connectivity index is 1.52. The van der Waals surface area contributed by atoms with Gasteiger partial charge in [-0.2, -0.15) is 5.10 Å². The summed E-state index contributed by atoms with van der Waals surface area (Å²) in [4.78, 5) is 14.3. The van der Waals surface area contributed by atoms with Gasteiger partial charge in [-0.3, -0.25) is 4.79 Å². The van der Waals surface area contributed by atoms with Crippen molar-refractivity contribution in [2.45, 2.75) is 32.5 Å². The number of ether oxygens (including phenoxy) is 2. The van der Waals surface area contributed by atoms with Gasteiger partial charge in [0.25, 0.3) is 5.91 Å². The van der Waals surface area contributed by atoms with E-state index in [0.29, 0.717) is 24.7 Å². The van der Waals surface area contributed by atoms with E-state index in [0.717, 1.165) is 12.1 Å². The average molecular weight is 327 g/mol. The van der Waals surface area contributed by atoms with Gasteiger partial charge in [-0.05, 0) is 32.0 Å². The Kier molecular flexibility index (Phi) is 4.93. The molecule has 0 N–H and O–H groups in total. The molecule has 1 saturated heterocycles. The van der Waals surface area contributed by atoms with E-state index in [2.05, 4.69) is 10.2 Å². The van der Waals surface area contributed by atoms with Gasteiger partial charge >= 0.3 is 0 Å². The smallest absolute Gasteiger partial charge is 0.263 e. The maximum Gasteiger partial charge on any atom is 0.263 e. The molecule has 1 aromatic heterocycles. The number of likely N-dealkylation sites (tertiary alicyclic amines) is 1. The number of carbonyl (C=O) groups is 1. The molecular formula is C18H21N3O3. The number of hydrogen-bond donors (Lipinski definition) is 0. The van der Waals surface area contributed by atoms with E-state index in [-0.39, 0.29) is 12.0 Å². The Bertz CT molecular complexity index is 676. The number of amides is 1. The monoisotopic (exact) mass is 327 g/mol. The van der Waals surface area contributed by atoms with E-state index < -0.39 is 6.10 Å². The van der Waals surface area contributed by atoms with Crippen LogP contribution in [0.5, 0.6) is 11.6 Å². The summed E-state index contributed by atoms with van der Waals surface area (Å²) in [5.41, 5.74) is 0.845. The summed E-state index contributed by atoms with van der Waals surface area (Å²) in [6, 6.07) is 13.0. The maximum atomic E-state index is 12.5. The van der Waals surface area contributed by atoms with Gasteiger partial charge in [0, 0.05) is 19.0 Å². The fourth-order valence-corrected chi connectivity index (χ4v) is 2.66. The third kappa shape index (κ3) is 4.01. The zero-order valence-electron chi connectivity index (χ0n) is 13.9. The highest BCUT2D eigenvalue weighted by molar-refractivity contribution is 5.81. The summed E-state index contributed by atoms with van der Waals surface area (Å²) in [7, 11) is 0. The summed E-state index contributed by atoms with van der Waals surface area (Å²) in [5.74, 6) is 1.16. The lowest BCUT2D eigenvalue weighted by Gasteiger charge is -2.21. The van der Waals surface area contributed by atoms with E-state index in [1.165, 1.54) is 0 Å². The van der Waals surface area contributed by atoms with Crippen LogP contribution in [-0.2, 0) is 4.79 Å². The molecule has 3 rings (SSSR count). The Hall–Kier alpha value is -2.63. The normalized spacial score (nSPS) is 18.2. The van der Waals surface area contributed by atoms with Crippen molar-refractivity contribution >= 4 is 5.91 Å². The number of benzene rings is 1. The summed E-state index contributed by atoms with van der Waals surface area (Å²) >= 11 is 0. The SMILES string of the molecule is Cc1ccc(O[C@H]2CCN(C(=O)[C@@H](C)Oc3ccccc3)C2)nn1. The van der Waals surface area contributed by atoms with Crippen LogP contribution in [-0.4, -0.2) is 46.3 Å². The minimum Gasteiger partial charge on any atom is -0.481 e. The molecule has 1 amide bonds. The average Bonchev–Trinajstić information content (AvgIpc) is 3.05. The van der Waals surface area contributed by atoms with Gasteiger partial charge in [0.05, 0.1) is 12.2 Å². The quantitative estimate of drug-likeness (QED) is 0.842. The van der Waals surface area contributed by atoms with Crippen LogP contribution in [0, 0.1) is 6.92 Å². The zero-order chi connectivity index (χ0) is 16.9. The van der Waals surface area contributed by atoms with Crippen molar-refractivity contribution in [3.05, 3.63) is 48.2 Å². The maximum absolute atomic E-state index is 12.5. The highest BCUT2D eigenvalue weighted by Gasteiger charge is 2.31. The van der Waals surface area contributed by atoms with Crippen molar-refractivity contribution in [2.75, 3.05) is 13.1 Å². The number of aromatic nitrogens is 2. The Morgan fingerprint density at radius 2 is 2.00 bits per heavy atom. The van der Waals surface area contributed by atoms with Crippen molar-refractivity contribution in [1.29, 1.82) is 0 Å². The lowest BCUT2D eigenvalue weighted by atomic mass is 10.3. The second kappa shape index (κ2) is 7.29. The van der Waals surface area contributed by atoms with Gasteiger partial charge in [-0.25, -0.2) is 0 Å². The molecule has 0 unspecified atom stereocenters. The highest BCUT2D eigenvalue weighted by atomic mass is 16.5.